The molecule has 1 aliphatic heterocycles. The van der Waals surface area contributed by atoms with Crippen LogP contribution in [-0.2, 0) is 11.2 Å². The average molecular weight is 480 g/mol. The third kappa shape index (κ3) is 5.88. The van der Waals surface area contributed by atoms with E-state index in [0.29, 0.717) is 53.0 Å². The molecule has 7 heteroatoms. The van der Waals surface area contributed by atoms with Crippen LogP contribution in [0.4, 0.5) is 0 Å². The van der Waals surface area contributed by atoms with Crippen molar-refractivity contribution in [2.45, 2.75) is 31.6 Å². The van der Waals surface area contributed by atoms with E-state index in [-0.39, 0.29) is 5.91 Å². The van der Waals surface area contributed by atoms with Crippen LogP contribution in [0.2, 0.25) is 5.02 Å². The molecule has 0 spiro atoms. The molecule has 1 aliphatic rings. The van der Waals surface area contributed by atoms with E-state index in [2.05, 4.69) is 17.4 Å². The van der Waals surface area contributed by atoms with Gasteiger partial charge in [-0.05, 0) is 61.6 Å². The van der Waals surface area contributed by atoms with Gasteiger partial charge in [-0.3, -0.25) is 9.59 Å². The molecule has 1 atom stereocenters. The van der Waals surface area contributed by atoms with Gasteiger partial charge < -0.3 is 19.9 Å². The van der Waals surface area contributed by atoms with E-state index < -0.39 is 11.9 Å². The second kappa shape index (κ2) is 11.1. The molecule has 0 fully saturated rings. The molecule has 4 rings (SSSR count). The first-order valence-electron chi connectivity index (χ1n) is 11.3. The molecule has 176 valence electrons. The van der Waals surface area contributed by atoms with Crippen LogP contribution in [-0.4, -0.2) is 30.1 Å². The Morgan fingerprint density at radius 2 is 1.82 bits per heavy atom. The number of nitrogens with one attached hydrogen (secondary N) is 1. The maximum atomic E-state index is 12.4. The van der Waals surface area contributed by atoms with E-state index >= 15 is 0 Å². The van der Waals surface area contributed by atoms with Gasteiger partial charge in [-0.1, -0.05) is 41.9 Å². The van der Waals surface area contributed by atoms with Gasteiger partial charge in [-0.25, -0.2) is 0 Å². The van der Waals surface area contributed by atoms with Gasteiger partial charge in [-0.2, -0.15) is 0 Å². The van der Waals surface area contributed by atoms with Crippen LogP contribution in [0.25, 0.3) is 0 Å². The van der Waals surface area contributed by atoms with Gasteiger partial charge in [0.25, 0.3) is 5.91 Å². The molecule has 1 amide bonds. The molecule has 34 heavy (non-hydrogen) atoms. The molecule has 3 aromatic carbocycles. The lowest BCUT2D eigenvalue weighted by molar-refractivity contribution is -0.139. The van der Waals surface area contributed by atoms with Crippen molar-refractivity contribution in [1.29, 1.82) is 0 Å². The Balaban J connectivity index is 1.30. The van der Waals surface area contributed by atoms with Crippen LogP contribution in [0, 0.1) is 0 Å². The average Bonchev–Trinajstić information content (AvgIpc) is 2.85. The largest absolute Gasteiger partial charge is 0.493 e. The summed E-state index contributed by atoms with van der Waals surface area (Å²) in [6.07, 6.45) is 3.31. The van der Waals surface area contributed by atoms with Crippen LogP contribution < -0.4 is 14.8 Å². The molecular weight excluding hydrogens is 454 g/mol. The molecule has 0 aliphatic carbocycles. The molecule has 2 N–H and O–H groups in total. The Morgan fingerprint density at radius 1 is 1.06 bits per heavy atom. The van der Waals surface area contributed by atoms with Gasteiger partial charge in [0.05, 0.1) is 17.5 Å². The zero-order valence-electron chi connectivity index (χ0n) is 18.6. The quantitative estimate of drug-likeness (QED) is 0.377. The van der Waals surface area contributed by atoms with E-state index in [1.54, 1.807) is 36.4 Å². The van der Waals surface area contributed by atoms with Gasteiger partial charge in [0.1, 0.15) is 17.2 Å². The van der Waals surface area contributed by atoms with Crippen LogP contribution in [0.15, 0.2) is 66.7 Å². The third-order valence-corrected chi connectivity index (χ3v) is 6.06. The van der Waals surface area contributed by atoms with E-state index in [4.69, 9.17) is 21.1 Å². The fourth-order valence-electron chi connectivity index (χ4n) is 3.93. The van der Waals surface area contributed by atoms with Crippen molar-refractivity contribution in [2.24, 2.45) is 0 Å². The van der Waals surface area contributed by atoms with Crippen molar-refractivity contribution >= 4 is 23.5 Å². The first-order valence-corrected chi connectivity index (χ1v) is 11.7. The highest BCUT2D eigenvalue weighted by Crippen LogP contribution is 2.41. The minimum atomic E-state index is -0.903. The number of carboxylic acid groups (broad SMARTS) is 1. The summed E-state index contributed by atoms with van der Waals surface area (Å²) in [6.45, 7) is 0.938. The smallest absolute Gasteiger partial charge is 0.311 e. The van der Waals surface area contributed by atoms with Crippen LogP contribution in [0.1, 0.15) is 46.7 Å². The fraction of sp³-hybridized carbons (Fsp3) is 0.259. The lowest BCUT2D eigenvalue weighted by Crippen LogP contribution is -2.24. The molecule has 0 saturated carbocycles. The Morgan fingerprint density at radius 3 is 2.56 bits per heavy atom. The summed E-state index contributed by atoms with van der Waals surface area (Å²) in [5, 5.41) is 12.7. The number of unbranched alkanes of at least 4 members (excludes halogenated alkanes) is 1. The van der Waals surface area contributed by atoms with Crippen molar-refractivity contribution in [1.82, 2.24) is 5.32 Å². The van der Waals surface area contributed by atoms with Gasteiger partial charge in [-0.15, -0.1) is 0 Å². The predicted molar refractivity (Wildman–Crippen MR) is 130 cm³/mol. The Hall–Kier alpha value is -3.51. The maximum Gasteiger partial charge on any atom is 0.311 e. The molecular formula is C27H26ClNO5. The number of ether oxygens (including phenoxy) is 2. The highest BCUT2D eigenvalue weighted by Gasteiger charge is 2.29. The fourth-order valence-corrected chi connectivity index (χ4v) is 4.14. The molecule has 3 aromatic rings. The zero-order chi connectivity index (χ0) is 23.9. The summed E-state index contributed by atoms with van der Waals surface area (Å²) in [6, 6.07) is 20.3. The van der Waals surface area contributed by atoms with Crippen LogP contribution in [0.3, 0.4) is 0 Å². The molecule has 0 aromatic heterocycles. The Kier molecular flexibility index (Phi) is 7.70. The standard InChI is InChI=1S/C27H26ClNO5/c28-23-16-22-21(27(31)32)13-15-33-24(22)17-25(23)34-20-11-9-19(10-12-20)26(30)29-14-5-4-8-18-6-2-1-3-7-18/h1-3,6-7,9-12,16-17,21H,4-5,8,13-15H2,(H,29,30)(H,31,32). The summed E-state index contributed by atoms with van der Waals surface area (Å²) < 4.78 is 11.5. The summed E-state index contributed by atoms with van der Waals surface area (Å²) in [5.74, 6) is -0.354. The van der Waals surface area contributed by atoms with Gasteiger partial charge in [0, 0.05) is 23.7 Å². The van der Waals surface area contributed by atoms with E-state index in [9.17, 15) is 14.7 Å². The number of carbonyl (C=O) groups is 2. The molecule has 0 bridgehead atoms. The van der Waals surface area contributed by atoms with Crippen LogP contribution in [0.5, 0.6) is 17.2 Å². The number of aryl methyl sites for hydroxylation is 1. The number of hydrogen-bond donors (Lipinski definition) is 2. The first-order chi connectivity index (χ1) is 16.5. The van der Waals surface area contributed by atoms with E-state index in [1.165, 1.54) is 5.56 Å². The third-order valence-electron chi connectivity index (χ3n) is 5.77. The molecule has 1 heterocycles. The summed E-state index contributed by atoms with van der Waals surface area (Å²) in [7, 11) is 0. The normalized spacial score (nSPS) is 14.6. The van der Waals surface area contributed by atoms with Crippen molar-refractivity contribution in [3.05, 3.63) is 88.4 Å². The van der Waals surface area contributed by atoms with Gasteiger partial charge in [0.15, 0.2) is 0 Å². The van der Waals surface area contributed by atoms with Crippen molar-refractivity contribution < 1.29 is 24.2 Å². The number of carbonyl (C=O) groups excluding carboxylic acids is 1. The number of aliphatic carboxylic acids is 1. The Bertz CT molecular complexity index is 1150. The van der Waals surface area contributed by atoms with E-state index in [1.807, 2.05) is 18.2 Å². The number of carboxylic acids is 1. The van der Waals surface area contributed by atoms with E-state index in [0.717, 1.165) is 19.3 Å². The number of rotatable bonds is 9. The highest BCUT2D eigenvalue weighted by atomic mass is 35.5. The van der Waals surface area contributed by atoms with Crippen molar-refractivity contribution in [3.63, 3.8) is 0 Å². The monoisotopic (exact) mass is 479 g/mol. The molecule has 6 nitrogen and oxygen atoms in total. The van der Waals surface area contributed by atoms with Crippen molar-refractivity contribution in [2.75, 3.05) is 13.2 Å². The Labute approximate surface area is 203 Å². The second-order valence-corrected chi connectivity index (χ2v) is 8.58. The number of fused-ring (bicyclic) bond motifs is 1. The zero-order valence-corrected chi connectivity index (χ0v) is 19.4. The summed E-state index contributed by atoms with van der Waals surface area (Å²) >= 11 is 6.35. The number of amides is 1. The van der Waals surface area contributed by atoms with Gasteiger partial charge in [0.2, 0.25) is 0 Å². The minimum absolute atomic E-state index is 0.133. The molecule has 0 radical (unpaired) electrons. The SMILES string of the molecule is O=C(NCCCCc1ccccc1)c1ccc(Oc2cc3c(cc2Cl)C(C(=O)O)CCO3)cc1. The minimum Gasteiger partial charge on any atom is -0.493 e. The lowest BCUT2D eigenvalue weighted by atomic mass is 9.93. The molecule has 0 saturated heterocycles. The second-order valence-electron chi connectivity index (χ2n) is 8.17. The molecule has 1 unspecified atom stereocenters. The van der Waals surface area contributed by atoms with Crippen molar-refractivity contribution in [3.8, 4) is 17.2 Å². The summed E-state index contributed by atoms with van der Waals surface area (Å²) in [4.78, 5) is 23.9. The predicted octanol–water partition coefficient (Wildman–Crippen LogP) is 5.84. The first kappa shape index (κ1) is 23.6. The van der Waals surface area contributed by atoms with Gasteiger partial charge >= 0.3 is 5.97 Å². The number of hydrogen-bond acceptors (Lipinski definition) is 4. The lowest BCUT2D eigenvalue weighted by Gasteiger charge is -2.24. The summed E-state index contributed by atoms with van der Waals surface area (Å²) in [5.41, 5.74) is 2.39. The number of halogens is 1. The maximum absolute atomic E-state index is 12.4. The van der Waals surface area contributed by atoms with Crippen LogP contribution >= 0.6 is 11.6 Å². The number of benzene rings is 3. The highest BCUT2D eigenvalue weighted by molar-refractivity contribution is 6.32. The topological polar surface area (TPSA) is 84.9 Å².